The van der Waals surface area contributed by atoms with Gasteiger partial charge in [0.05, 0.1) is 4.90 Å². The fourth-order valence-corrected chi connectivity index (χ4v) is 4.90. The van der Waals surface area contributed by atoms with Crippen molar-refractivity contribution in [2.24, 2.45) is 0 Å². The van der Waals surface area contributed by atoms with Crippen LogP contribution in [-0.2, 0) is 33.2 Å². The fourth-order valence-electron chi connectivity index (χ4n) is 3.38. The summed E-state index contributed by atoms with van der Waals surface area (Å²) in [6, 6.07) is 6.74. The average molecular weight is 449 g/mol. The van der Waals surface area contributed by atoms with E-state index in [9.17, 15) is 13.2 Å². The molecule has 0 spiro atoms. The summed E-state index contributed by atoms with van der Waals surface area (Å²) in [5, 5.41) is 6.85. The second kappa shape index (κ2) is 9.91. The largest absolute Gasteiger partial charge is 0.352 e. The average Bonchev–Trinajstić information content (AvgIpc) is 3.23. The standard InChI is InChI=1S/C22H32N4O4S/c1-22(2,3)21-24-20(30-25-21)9-7-8-19(27)23-16-17-10-12-18(13-11-17)31(28,29)26-14-5-4-6-15-26/h10-13H,4-9,14-16H2,1-3H3,(H,23,27). The van der Waals surface area contributed by atoms with Gasteiger partial charge < -0.3 is 9.84 Å². The molecule has 1 saturated heterocycles. The minimum Gasteiger partial charge on any atom is -0.352 e. The number of benzene rings is 1. The van der Waals surface area contributed by atoms with Gasteiger partial charge >= 0.3 is 0 Å². The number of aryl methyl sites for hydroxylation is 1. The van der Waals surface area contributed by atoms with Gasteiger partial charge in [0, 0.05) is 37.9 Å². The maximum atomic E-state index is 12.7. The van der Waals surface area contributed by atoms with Gasteiger partial charge in [-0.3, -0.25) is 4.79 Å². The SMILES string of the molecule is CC(C)(C)c1noc(CCCC(=O)NCc2ccc(S(=O)(=O)N3CCCCC3)cc2)n1. The monoisotopic (exact) mass is 448 g/mol. The van der Waals surface area contributed by atoms with Gasteiger partial charge in [0.2, 0.25) is 21.8 Å². The minimum atomic E-state index is -3.43. The zero-order chi connectivity index (χ0) is 22.5. The summed E-state index contributed by atoms with van der Waals surface area (Å²) in [6.07, 6.45) is 4.43. The Morgan fingerprint density at radius 2 is 1.81 bits per heavy atom. The molecular weight excluding hydrogens is 416 g/mol. The molecule has 1 aliphatic heterocycles. The van der Waals surface area contributed by atoms with E-state index in [2.05, 4.69) is 15.5 Å². The van der Waals surface area contributed by atoms with Crippen molar-refractivity contribution in [1.82, 2.24) is 19.8 Å². The summed E-state index contributed by atoms with van der Waals surface area (Å²) in [4.78, 5) is 16.8. The van der Waals surface area contributed by atoms with E-state index in [0.29, 0.717) is 55.5 Å². The molecule has 1 N–H and O–H groups in total. The van der Waals surface area contributed by atoms with Crippen LogP contribution in [0, 0.1) is 0 Å². The van der Waals surface area contributed by atoms with Gasteiger partial charge in [0.25, 0.3) is 0 Å². The van der Waals surface area contributed by atoms with E-state index in [0.717, 1.165) is 24.8 Å². The molecule has 0 unspecified atom stereocenters. The summed E-state index contributed by atoms with van der Waals surface area (Å²) in [6.45, 7) is 7.58. The summed E-state index contributed by atoms with van der Waals surface area (Å²) < 4.78 is 32.2. The Kier molecular flexibility index (Phi) is 7.48. The number of aromatic nitrogens is 2. The predicted molar refractivity (Wildman–Crippen MR) is 117 cm³/mol. The molecule has 1 fully saturated rings. The highest BCUT2D eigenvalue weighted by atomic mass is 32.2. The van der Waals surface area contributed by atoms with Crippen LogP contribution in [0.1, 0.15) is 70.2 Å². The van der Waals surface area contributed by atoms with Crippen molar-refractivity contribution < 1.29 is 17.7 Å². The second-order valence-electron chi connectivity index (χ2n) is 9.00. The number of hydrogen-bond acceptors (Lipinski definition) is 6. The molecule has 1 amide bonds. The molecule has 1 aromatic heterocycles. The van der Waals surface area contributed by atoms with Gasteiger partial charge in [-0.1, -0.05) is 44.5 Å². The Balaban J connectivity index is 1.43. The van der Waals surface area contributed by atoms with Crippen LogP contribution in [0.3, 0.4) is 0 Å². The highest BCUT2D eigenvalue weighted by molar-refractivity contribution is 7.89. The van der Waals surface area contributed by atoms with Crippen LogP contribution in [-0.4, -0.2) is 41.9 Å². The molecule has 2 heterocycles. The first-order valence-corrected chi connectivity index (χ1v) is 12.3. The van der Waals surface area contributed by atoms with Crippen molar-refractivity contribution in [2.75, 3.05) is 13.1 Å². The predicted octanol–water partition coefficient (Wildman–Crippen LogP) is 3.18. The van der Waals surface area contributed by atoms with E-state index >= 15 is 0 Å². The number of carbonyl (C=O) groups is 1. The molecular formula is C22H32N4O4S. The van der Waals surface area contributed by atoms with Gasteiger partial charge in [0.1, 0.15) is 0 Å². The molecule has 0 atom stereocenters. The van der Waals surface area contributed by atoms with Crippen molar-refractivity contribution in [3.05, 3.63) is 41.5 Å². The van der Waals surface area contributed by atoms with Gasteiger partial charge in [-0.2, -0.15) is 9.29 Å². The van der Waals surface area contributed by atoms with Gasteiger partial charge in [-0.15, -0.1) is 0 Å². The Hall–Kier alpha value is -2.26. The number of piperidine rings is 1. The second-order valence-corrected chi connectivity index (χ2v) is 10.9. The lowest BCUT2D eigenvalue weighted by molar-refractivity contribution is -0.121. The van der Waals surface area contributed by atoms with Crippen LogP contribution in [0.5, 0.6) is 0 Å². The molecule has 0 saturated carbocycles. The third-order valence-corrected chi connectivity index (χ3v) is 7.21. The number of amides is 1. The molecule has 170 valence electrons. The van der Waals surface area contributed by atoms with Crippen molar-refractivity contribution in [2.45, 2.75) is 76.2 Å². The van der Waals surface area contributed by atoms with Crippen molar-refractivity contribution in [3.63, 3.8) is 0 Å². The van der Waals surface area contributed by atoms with Crippen LogP contribution >= 0.6 is 0 Å². The van der Waals surface area contributed by atoms with E-state index in [4.69, 9.17) is 4.52 Å². The third-order valence-electron chi connectivity index (χ3n) is 5.30. The third kappa shape index (κ3) is 6.36. The zero-order valence-electron chi connectivity index (χ0n) is 18.6. The molecule has 9 heteroatoms. The summed E-state index contributed by atoms with van der Waals surface area (Å²) in [5.74, 6) is 1.14. The summed E-state index contributed by atoms with van der Waals surface area (Å²) >= 11 is 0. The smallest absolute Gasteiger partial charge is 0.243 e. The topological polar surface area (TPSA) is 105 Å². The lowest BCUT2D eigenvalue weighted by atomic mass is 9.96. The van der Waals surface area contributed by atoms with Gasteiger partial charge in [-0.05, 0) is 37.0 Å². The van der Waals surface area contributed by atoms with Gasteiger partial charge in [-0.25, -0.2) is 8.42 Å². The molecule has 1 aliphatic rings. The Bertz CT molecular complexity index is 972. The quantitative estimate of drug-likeness (QED) is 0.665. The van der Waals surface area contributed by atoms with E-state index in [1.165, 1.54) is 0 Å². The van der Waals surface area contributed by atoms with Crippen LogP contribution in [0.2, 0.25) is 0 Å². The summed E-state index contributed by atoms with van der Waals surface area (Å²) in [5.41, 5.74) is 0.694. The summed E-state index contributed by atoms with van der Waals surface area (Å²) in [7, 11) is -3.43. The molecule has 2 aromatic rings. The fraction of sp³-hybridized carbons (Fsp3) is 0.591. The Morgan fingerprint density at radius 3 is 2.42 bits per heavy atom. The first kappa shape index (κ1) is 23.4. The minimum absolute atomic E-state index is 0.0689. The number of nitrogens with one attached hydrogen (secondary N) is 1. The number of carbonyl (C=O) groups excluding carboxylic acids is 1. The molecule has 0 aliphatic carbocycles. The maximum Gasteiger partial charge on any atom is 0.243 e. The lowest BCUT2D eigenvalue weighted by Crippen LogP contribution is -2.35. The zero-order valence-corrected chi connectivity index (χ0v) is 19.4. The van der Waals surface area contributed by atoms with E-state index < -0.39 is 10.0 Å². The van der Waals surface area contributed by atoms with Crippen LogP contribution in [0.25, 0.3) is 0 Å². The van der Waals surface area contributed by atoms with E-state index in [-0.39, 0.29) is 11.3 Å². The highest BCUT2D eigenvalue weighted by Crippen LogP contribution is 2.21. The van der Waals surface area contributed by atoms with Crippen LogP contribution in [0.4, 0.5) is 0 Å². The first-order chi connectivity index (χ1) is 14.7. The Labute approximate surface area is 184 Å². The van der Waals surface area contributed by atoms with Crippen LogP contribution < -0.4 is 5.32 Å². The van der Waals surface area contributed by atoms with Crippen molar-refractivity contribution in [3.8, 4) is 0 Å². The Morgan fingerprint density at radius 1 is 1.13 bits per heavy atom. The van der Waals surface area contributed by atoms with Crippen LogP contribution in [0.15, 0.2) is 33.7 Å². The number of rotatable bonds is 8. The number of sulfonamides is 1. The van der Waals surface area contributed by atoms with Crippen molar-refractivity contribution in [1.29, 1.82) is 0 Å². The molecule has 3 rings (SSSR count). The molecule has 1 aromatic carbocycles. The normalized spacial score (nSPS) is 15.7. The molecule has 0 radical (unpaired) electrons. The highest BCUT2D eigenvalue weighted by Gasteiger charge is 2.25. The van der Waals surface area contributed by atoms with E-state index in [1.54, 1.807) is 28.6 Å². The maximum absolute atomic E-state index is 12.7. The van der Waals surface area contributed by atoms with Gasteiger partial charge in [0.15, 0.2) is 5.82 Å². The van der Waals surface area contributed by atoms with E-state index in [1.807, 2.05) is 20.8 Å². The number of hydrogen-bond donors (Lipinski definition) is 1. The first-order valence-electron chi connectivity index (χ1n) is 10.8. The molecule has 0 bridgehead atoms. The van der Waals surface area contributed by atoms with Crippen molar-refractivity contribution >= 4 is 15.9 Å². The molecule has 8 nitrogen and oxygen atoms in total. The lowest BCUT2D eigenvalue weighted by Gasteiger charge is -2.25. The number of nitrogens with zero attached hydrogens (tertiary/aromatic N) is 3. The molecule has 31 heavy (non-hydrogen) atoms.